The fourth-order valence-corrected chi connectivity index (χ4v) is 2.74. The summed E-state index contributed by atoms with van der Waals surface area (Å²) in [6.07, 6.45) is 0.134. The van der Waals surface area contributed by atoms with Crippen molar-refractivity contribution in [1.82, 2.24) is 0 Å². The number of benzene rings is 2. The first-order valence-corrected chi connectivity index (χ1v) is 8.65. The molecule has 0 aromatic heterocycles. The Morgan fingerprint density at radius 2 is 1.81 bits per heavy atom. The third-order valence-electron chi connectivity index (χ3n) is 4.17. The molecule has 2 aromatic carbocycles. The zero-order chi connectivity index (χ0) is 20.0. The monoisotopic (exact) mass is 368 g/mol. The number of methoxy groups -OCH3 is 1. The van der Waals surface area contributed by atoms with Crippen molar-refractivity contribution >= 4 is 29.2 Å². The van der Waals surface area contributed by atoms with E-state index in [-0.39, 0.29) is 24.8 Å². The minimum Gasteiger partial charge on any atom is -0.465 e. The van der Waals surface area contributed by atoms with Crippen LogP contribution in [0.25, 0.3) is 0 Å². The van der Waals surface area contributed by atoms with E-state index in [0.717, 1.165) is 16.8 Å². The molecule has 0 bridgehead atoms. The number of hydrogen-bond acceptors (Lipinski definition) is 4. The number of esters is 1. The maximum atomic E-state index is 12.3. The molecular weight excluding hydrogens is 344 g/mol. The molecule has 0 unspecified atom stereocenters. The van der Waals surface area contributed by atoms with E-state index >= 15 is 0 Å². The number of carbonyl (C=O) groups excluding carboxylic acids is 3. The summed E-state index contributed by atoms with van der Waals surface area (Å²) in [5.41, 5.74) is 3.69. The predicted octanol–water partition coefficient (Wildman–Crippen LogP) is 3.47. The smallest absolute Gasteiger partial charge is 0.337 e. The maximum absolute atomic E-state index is 12.3. The van der Waals surface area contributed by atoms with E-state index in [1.165, 1.54) is 14.0 Å². The maximum Gasteiger partial charge on any atom is 0.337 e. The van der Waals surface area contributed by atoms with Crippen molar-refractivity contribution in [2.45, 2.75) is 27.2 Å². The van der Waals surface area contributed by atoms with E-state index in [1.54, 1.807) is 29.2 Å². The predicted molar refractivity (Wildman–Crippen MR) is 105 cm³/mol. The number of anilines is 2. The molecule has 2 aromatic rings. The number of rotatable bonds is 6. The van der Waals surface area contributed by atoms with Gasteiger partial charge in [-0.2, -0.15) is 0 Å². The summed E-state index contributed by atoms with van der Waals surface area (Å²) in [6, 6.07) is 12.4. The van der Waals surface area contributed by atoms with Crippen molar-refractivity contribution < 1.29 is 19.1 Å². The van der Waals surface area contributed by atoms with Crippen LogP contribution in [0.3, 0.4) is 0 Å². The second-order valence-corrected chi connectivity index (χ2v) is 6.33. The second-order valence-electron chi connectivity index (χ2n) is 6.33. The summed E-state index contributed by atoms with van der Waals surface area (Å²) in [4.78, 5) is 37.6. The lowest BCUT2D eigenvalue weighted by atomic mass is 10.1. The average molecular weight is 368 g/mol. The van der Waals surface area contributed by atoms with Gasteiger partial charge in [0.15, 0.2) is 0 Å². The number of amides is 2. The number of hydrogen-bond donors (Lipinski definition) is 1. The lowest BCUT2D eigenvalue weighted by molar-refractivity contribution is -0.117. The average Bonchev–Trinajstić information content (AvgIpc) is 2.63. The quantitative estimate of drug-likeness (QED) is 0.792. The van der Waals surface area contributed by atoms with Crippen LogP contribution in [0.4, 0.5) is 11.4 Å². The van der Waals surface area contributed by atoms with Gasteiger partial charge in [0, 0.05) is 31.3 Å². The Kier molecular flexibility index (Phi) is 6.71. The molecular formula is C21H24N2O4. The molecule has 0 saturated heterocycles. The molecule has 142 valence electrons. The summed E-state index contributed by atoms with van der Waals surface area (Å²) >= 11 is 0. The summed E-state index contributed by atoms with van der Waals surface area (Å²) in [5, 5.41) is 2.75. The highest BCUT2D eigenvalue weighted by Crippen LogP contribution is 2.22. The zero-order valence-corrected chi connectivity index (χ0v) is 16.0. The Labute approximate surface area is 159 Å². The van der Waals surface area contributed by atoms with Crippen LogP contribution in [0.5, 0.6) is 0 Å². The Morgan fingerprint density at radius 1 is 1.07 bits per heavy atom. The van der Waals surface area contributed by atoms with Gasteiger partial charge < -0.3 is 15.0 Å². The van der Waals surface area contributed by atoms with Crippen molar-refractivity contribution in [3.05, 3.63) is 59.2 Å². The van der Waals surface area contributed by atoms with E-state index in [1.807, 2.05) is 32.0 Å². The zero-order valence-electron chi connectivity index (χ0n) is 16.0. The molecule has 6 nitrogen and oxygen atoms in total. The summed E-state index contributed by atoms with van der Waals surface area (Å²) in [5.74, 6) is -0.832. The topological polar surface area (TPSA) is 75.7 Å². The molecule has 1 N–H and O–H groups in total. The highest BCUT2D eigenvalue weighted by Gasteiger charge is 2.16. The molecule has 0 aliphatic rings. The Hall–Kier alpha value is -3.15. The van der Waals surface area contributed by atoms with Gasteiger partial charge in [-0.3, -0.25) is 9.59 Å². The molecule has 0 aliphatic carbocycles. The Balaban J connectivity index is 2.05. The van der Waals surface area contributed by atoms with Crippen molar-refractivity contribution in [2.75, 3.05) is 23.9 Å². The Morgan fingerprint density at radius 3 is 2.48 bits per heavy atom. The molecule has 0 fully saturated rings. The highest BCUT2D eigenvalue weighted by atomic mass is 16.5. The normalized spacial score (nSPS) is 10.2. The van der Waals surface area contributed by atoms with Crippen LogP contribution >= 0.6 is 0 Å². The third kappa shape index (κ3) is 5.41. The van der Waals surface area contributed by atoms with Gasteiger partial charge in [-0.1, -0.05) is 18.2 Å². The third-order valence-corrected chi connectivity index (χ3v) is 4.17. The van der Waals surface area contributed by atoms with Gasteiger partial charge in [-0.15, -0.1) is 0 Å². The molecule has 0 atom stereocenters. The first-order valence-electron chi connectivity index (χ1n) is 8.65. The largest absolute Gasteiger partial charge is 0.465 e. The number of aryl methyl sites for hydroxylation is 2. The van der Waals surface area contributed by atoms with E-state index in [9.17, 15) is 14.4 Å². The molecule has 27 heavy (non-hydrogen) atoms. The van der Waals surface area contributed by atoms with E-state index in [0.29, 0.717) is 11.3 Å². The molecule has 0 aliphatic heterocycles. The highest BCUT2D eigenvalue weighted by molar-refractivity contribution is 5.96. The van der Waals surface area contributed by atoms with Crippen molar-refractivity contribution in [2.24, 2.45) is 0 Å². The SMILES string of the molecule is COC(=O)c1cccc(NC(=O)CCN(C(C)=O)c2cc(C)ccc2C)c1. The van der Waals surface area contributed by atoms with Crippen LogP contribution in [-0.4, -0.2) is 31.4 Å². The molecule has 0 radical (unpaired) electrons. The molecule has 0 heterocycles. The standard InChI is InChI=1S/C21H24N2O4/c1-14-8-9-15(2)19(12-14)23(16(3)24)11-10-20(25)22-18-7-5-6-17(13-18)21(26)27-4/h5-9,12-13H,10-11H2,1-4H3,(H,22,25). The first-order chi connectivity index (χ1) is 12.8. The van der Waals surface area contributed by atoms with Gasteiger partial charge in [0.1, 0.15) is 0 Å². The second kappa shape index (κ2) is 8.98. The van der Waals surface area contributed by atoms with Gasteiger partial charge in [-0.25, -0.2) is 4.79 Å². The fraction of sp³-hybridized carbons (Fsp3) is 0.286. The van der Waals surface area contributed by atoms with Crippen LogP contribution in [0.2, 0.25) is 0 Å². The minimum atomic E-state index is -0.469. The number of ether oxygens (including phenoxy) is 1. The van der Waals surface area contributed by atoms with Crippen LogP contribution in [0.1, 0.15) is 34.8 Å². The summed E-state index contributed by atoms with van der Waals surface area (Å²) < 4.78 is 4.68. The van der Waals surface area contributed by atoms with E-state index in [4.69, 9.17) is 0 Å². The summed E-state index contributed by atoms with van der Waals surface area (Å²) in [7, 11) is 1.30. The number of carbonyl (C=O) groups is 3. The molecule has 2 rings (SSSR count). The molecule has 0 spiro atoms. The van der Waals surface area contributed by atoms with Crippen LogP contribution in [0.15, 0.2) is 42.5 Å². The van der Waals surface area contributed by atoms with Crippen molar-refractivity contribution in [3.63, 3.8) is 0 Å². The lowest BCUT2D eigenvalue weighted by Gasteiger charge is -2.23. The van der Waals surface area contributed by atoms with Gasteiger partial charge in [-0.05, 0) is 49.2 Å². The summed E-state index contributed by atoms with van der Waals surface area (Å²) in [6.45, 7) is 5.65. The van der Waals surface area contributed by atoms with Gasteiger partial charge >= 0.3 is 5.97 Å². The van der Waals surface area contributed by atoms with Crippen LogP contribution in [0, 0.1) is 13.8 Å². The van der Waals surface area contributed by atoms with Crippen LogP contribution in [-0.2, 0) is 14.3 Å². The van der Waals surface area contributed by atoms with Gasteiger partial charge in [0.2, 0.25) is 11.8 Å². The van der Waals surface area contributed by atoms with E-state index < -0.39 is 5.97 Å². The molecule has 2 amide bonds. The molecule has 6 heteroatoms. The lowest BCUT2D eigenvalue weighted by Crippen LogP contribution is -2.32. The fourth-order valence-electron chi connectivity index (χ4n) is 2.74. The minimum absolute atomic E-state index is 0.121. The van der Waals surface area contributed by atoms with Gasteiger partial charge in [0.25, 0.3) is 0 Å². The first kappa shape index (κ1) is 20.2. The Bertz CT molecular complexity index is 861. The van der Waals surface area contributed by atoms with Crippen LogP contribution < -0.4 is 10.2 Å². The number of nitrogens with zero attached hydrogens (tertiary/aromatic N) is 1. The van der Waals surface area contributed by atoms with Crippen molar-refractivity contribution in [3.8, 4) is 0 Å². The molecule has 0 saturated carbocycles. The number of nitrogens with one attached hydrogen (secondary N) is 1. The van der Waals surface area contributed by atoms with Crippen molar-refractivity contribution in [1.29, 1.82) is 0 Å². The van der Waals surface area contributed by atoms with E-state index in [2.05, 4.69) is 10.1 Å². The van der Waals surface area contributed by atoms with Gasteiger partial charge in [0.05, 0.1) is 12.7 Å².